The molecule has 2 aromatic rings. The van der Waals surface area contributed by atoms with Crippen molar-refractivity contribution in [1.82, 2.24) is 4.68 Å². The monoisotopic (exact) mass is 346 g/mol. The second kappa shape index (κ2) is 6.52. The van der Waals surface area contributed by atoms with E-state index in [9.17, 15) is 18.3 Å². The molecule has 0 spiro atoms. The predicted octanol–water partition coefficient (Wildman–Crippen LogP) is 2.59. The van der Waals surface area contributed by atoms with Crippen LogP contribution in [0.25, 0.3) is 11.3 Å². The van der Waals surface area contributed by atoms with E-state index in [2.05, 4.69) is 4.83 Å². The van der Waals surface area contributed by atoms with E-state index < -0.39 is 21.2 Å². The molecule has 1 atom stereocenters. The van der Waals surface area contributed by atoms with Crippen LogP contribution in [0.3, 0.4) is 0 Å². The number of aliphatic carboxylic acids is 1. The lowest BCUT2D eigenvalue weighted by Gasteiger charge is -2.23. The average Bonchev–Trinajstić information content (AvgIpc) is 3.03. The normalized spacial score (nSPS) is 18.0. The predicted molar refractivity (Wildman–Crippen MR) is 91.5 cm³/mol. The lowest BCUT2D eigenvalue weighted by atomic mass is 9.99. The fraction of sp³-hybridized carbons (Fsp3) is 0.235. The van der Waals surface area contributed by atoms with Gasteiger partial charge in [-0.05, 0) is 31.4 Å². The Kier molecular flexibility index (Phi) is 4.44. The summed E-state index contributed by atoms with van der Waals surface area (Å²) in [5.41, 5.74) is 1.50. The molecule has 3 rings (SSSR count). The second-order valence-corrected chi connectivity index (χ2v) is 7.49. The number of carboxylic acids is 1. The molecule has 0 fully saturated rings. The average molecular weight is 346 g/mol. The summed E-state index contributed by atoms with van der Waals surface area (Å²) in [4.78, 5) is 13.8. The quantitative estimate of drug-likeness (QED) is 0.871. The molecule has 24 heavy (non-hydrogen) atoms. The minimum Gasteiger partial charge on any atom is -0.478 e. The van der Waals surface area contributed by atoms with Crippen molar-refractivity contribution in [2.45, 2.75) is 24.5 Å². The summed E-state index contributed by atoms with van der Waals surface area (Å²) in [5.74, 6) is -1.18. The lowest BCUT2D eigenvalue weighted by molar-refractivity contribution is -0.132. The van der Waals surface area contributed by atoms with Gasteiger partial charge >= 0.3 is 5.97 Å². The van der Waals surface area contributed by atoms with Gasteiger partial charge in [0.25, 0.3) is 10.0 Å². The van der Waals surface area contributed by atoms with Crippen LogP contribution >= 0.6 is 0 Å². The van der Waals surface area contributed by atoms with Crippen LogP contribution in [0.15, 0.2) is 60.3 Å². The zero-order valence-electron chi connectivity index (χ0n) is 12.9. The van der Waals surface area contributed by atoms with Crippen molar-refractivity contribution in [2.75, 3.05) is 4.83 Å². The van der Waals surface area contributed by atoms with Crippen LogP contribution < -0.4 is 4.83 Å². The van der Waals surface area contributed by atoms with E-state index in [1.165, 1.54) is 10.8 Å². The highest BCUT2D eigenvalue weighted by atomic mass is 32.2. The first kappa shape index (κ1) is 16.3. The van der Waals surface area contributed by atoms with Gasteiger partial charge < -0.3 is 5.11 Å². The minimum absolute atomic E-state index is 0.0535. The summed E-state index contributed by atoms with van der Waals surface area (Å²) in [6, 6.07) is 12.9. The Hall–Kier alpha value is -2.54. The van der Waals surface area contributed by atoms with E-state index in [4.69, 9.17) is 0 Å². The van der Waals surface area contributed by atoms with Gasteiger partial charge in [-0.15, -0.1) is 0 Å². The highest BCUT2D eigenvalue weighted by molar-refractivity contribution is 7.93. The number of nitrogens with zero attached hydrogens (tertiary/aromatic N) is 1. The highest BCUT2D eigenvalue weighted by Crippen LogP contribution is 2.26. The number of aromatic nitrogens is 1. The Labute approximate surface area is 140 Å². The molecular weight excluding hydrogens is 328 g/mol. The summed E-state index contributed by atoms with van der Waals surface area (Å²) in [7, 11) is -3.87. The molecule has 1 aliphatic rings. The van der Waals surface area contributed by atoms with Crippen LogP contribution in [0.2, 0.25) is 0 Å². The minimum atomic E-state index is -3.87. The number of carboxylic acid groups (broad SMARTS) is 1. The maximum absolute atomic E-state index is 12.7. The van der Waals surface area contributed by atoms with Crippen LogP contribution in [0.5, 0.6) is 0 Å². The maximum atomic E-state index is 12.7. The van der Waals surface area contributed by atoms with E-state index in [1.54, 1.807) is 18.3 Å². The molecule has 2 N–H and O–H groups in total. The number of nitrogens with one attached hydrogen (secondary N) is 1. The van der Waals surface area contributed by atoms with Crippen molar-refractivity contribution >= 4 is 16.0 Å². The smallest absolute Gasteiger partial charge is 0.332 e. The molecule has 6 nitrogen and oxygen atoms in total. The molecule has 1 unspecified atom stereocenters. The van der Waals surface area contributed by atoms with Gasteiger partial charge in [-0.1, -0.05) is 36.4 Å². The number of allylic oxidation sites excluding steroid dienone is 1. The van der Waals surface area contributed by atoms with Crippen molar-refractivity contribution in [3.8, 4) is 11.3 Å². The molecule has 0 radical (unpaired) electrons. The van der Waals surface area contributed by atoms with Gasteiger partial charge in [0.2, 0.25) is 0 Å². The van der Waals surface area contributed by atoms with Gasteiger partial charge in [0.15, 0.2) is 0 Å². The lowest BCUT2D eigenvalue weighted by Crippen LogP contribution is -2.37. The van der Waals surface area contributed by atoms with Gasteiger partial charge in [0.05, 0.1) is 11.3 Å². The van der Waals surface area contributed by atoms with Crippen molar-refractivity contribution in [3.05, 3.63) is 60.3 Å². The molecule has 1 aromatic carbocycles. The van der Waals surface area contributed by atoms with Gasteiger partial charge in [-0.2, -0.15) is 0 Å². The third kappa shape index (κ3) is 3.21. The number of hydrogen-bond acceptors (Lipinski definition) is 3. The molecule has 1 aromatic heterocycles. The van der Waals surface area contributed by atoms with Crippen LogP contribution in [0.1, 0.15) is 19.3 Å². The standard InChI is InChI=1S/C17H18N2O4S/c20-17(21)14-9-4-5-11-16(14)24(22,23)18-19-12-6-10-15(19)13-7-2-1-3-8-13/h1-3,6-10,12,16,18H,4-5,11H2,(H,20,21). The number of benzene rings is 1. The van der Waals surface area contributed by atoms with Gasteiger partial charge in [0.1, 0.15) is 5.25 Å². The Balaban J connectivity index is 1.91. The topological polar surface area (TPSA) is 88.4 Å². The van der Waals surface area contributed by atoms with E-state index in [1.807, 2.05) is 30.3 Å². The third-order valence-electron chi connectivity index (χ3n) is 4.05. The molecule has 126 valence electrons. The van der Waals surface area contributed by atoms with Crippen LogP contribution in [-0.4, -0.2) is 29.4 Å². The molecule has 0 saturated heterocycles. The number of hydrogen-bond donors (Lipinski definition) is 2. The molecule has 0 saturated carbocycles. The van der Waals surface area contributed by atoms with Gasteiger partial charge in [-0.3, -0.25) is 4.68 Å². The summed E-state index contributed by atoms with van der Waals surface area (Å²) >= 11 is 0. The number of rotatable bonds is 5. The first-order chi connectivity index (χ1) is 11.5. The third-order valence-corrected chi connectivity index (χ3v) is 5.74. The zero-order chi connectivity index (χ0) is 17.2. The fourth-order valence-corrected chi connectivity index (χ4v) is 4.47. The summed E-state index contributed by atoms with van der Waals surface area (Å²) in [6.07, 6.45) is 4.65. The fourth-order valence-electron chi connectivity index (χ4n) is 2.90. The Morgan fingerprint density at radius 1 is 1.17 bits per heavy atom. The van der Waals surface area contributed by atoms with E-state index in [-0.39, 0.29) is 5.57 Å². The van der Waals surface area contributed by atoms with Crippen LogP contribution in [0, 0.1) is 0 Å². The van der Waals surface area contributed by atoms with E-state index in [0.29, 0.717) is 25.0 Å². The molecule has 0 bridgehead atoms. The van der Waals surface area contributed by atoms with Crippen LogP contribution in [0.4, 0.5) is 0 Å². The maximum Gasteiger partial charge on any atom is 0.332 e. The Bertz CT molecular complexity index is 869. The summed E-state index contributed by atoms with van der Waals surface area (Å²) in [5, 5.41) is 8.22. The Morgan fingerprint density at radius 2 is 1.92 bits per heavy atom. The van der Waals surface area contributed by atoms with Crippen molar-refractivity contribution in [2.24, 2.45) is 0 Å². The first-order valence-corrected chi connectivity index (χ1v) is 9.21. The van der Waals surface area contributed by atoms with Crippen molar-refractivity contribution in [1.29, 1.82) is 0 Å². The molecular formula is C17H18N2O4S. The number of sulfonamides is 1. The van der Waals surface area contributed by atoms with Gasteiger partial charge in [-0.25, -0.2) is 18.0 Å². The summed E-state index contributed by atoms with van der Waals surface area (Å²) < 4.78 is 26.8. The highest BCUT2D eigenvalue weighted by Gasteiger charge is 2.34. The zero-order valence-corrected chi connectivity index (χ0v) is 13.7. The Morgan fingerprint density at radius 3 is 2.62 bits per heavy atom. The summed E-state index contributed by atoms with van der Waals surface area (Å²) in [6.45, 7) is 0. The second-order valence-electron chi connectivity index (χ2n) is 5.65. The molecule has 1 aliphatic carbocycles. The number of carbonyl (C=O) groups is 1. The molecule has 7 heteroatoms. The molecule has 1 heterocycles. The molecule has 0 aliphatic heterocycles. The molecule has 0 amide bonds. The first-order valence-electron chi connectivity index (χ1n) is 7.67. The van der Waals surface area contributed by atoms with Crippen molar-refractivity contribution in [3.63, 3.8) is 0 Å². The van der Waals surface area contributed by atoms with E-state index in [0.717, 1.165) is 5.56 Å². The largest absolute Gasteiger partial charge is 0.478 e. The van der Waals surface area contributed by atoms with E-state index >= 15 is 0 Å². The van der Waals surface area contributed by atoms with Crippen LogP contribution in [-0.2, 0) is 14.8 Å². The van der Waals surface area contributed by atoms with Crippen molar-refractivity contribution < 1.29 is 18.3 Å². The van der Waals surface area contributed by atoms with Gasteiger partial charge in [0, 0.05) is 11.8 Å². The SMILES string of the molecule is O=C(O)C1=CCCCC1S(=O)(=O)Nn1cccc1-c1ccccc1.